The molecule has 1 N–H and O–H groups in total. The van der Waals surface area contributed by atoms with Crippen LogP contribution < -0.4 is 0 Å². The van der Waals surface area contributed by atoms with Crippen molar-refractivity contribution in [2.45, 2.75) is 38.7 Å². The average Bonchev–Trinajstić information content (AvgIpc) is 2.47. The van der Waals surface area contributed by atoms with E-state index < -0.39 is 5.60 Å². The Morgan fingerprint density at radius 1 is 1.05 bits per heavy atom. The first-order valence-corrected chi connectivity index (χ1v) is 7.31. The minimum Gasteiger partial charge on any atom is -0.382 e. The molecule has 0 saturated heterocycles. The van der Waals surface area contributed by atoms with Crippen molar-refractivity contribution < 1.29 is 9.90 Å². The maximum absolute atomic E-state index is 12.4. The van der Waals surface area contributed by atoms with Gasteiger partial charge in [-0.25, -0.2) is 0 Å². The van der Waals surface area contributed by atoms with Crippen molar-refractivity contribution >= 4 is 5.78 Å². The van der Waals surface area contributed by atoms with Gasteiger partial charge in [0.2, 0.25) is 0 Å². The zero-order chi connectivity index (χ0) is 15.5. The van der Waals surface area contributed by atoms with E-state index in [9.17, 15) is 9.90 Å². The smallest absolute Gasteiger partial charge is 0.194 e. The second-order valence-electron chi connectivity index (χ2n) is 6.04. The first-order chi connectivity index (χ1) is 9.90. The van der Waals surface area contributed by atoms with Crippen molar-refractivity contribution in [2.24, 2.45) is 0 Å². The second kappa shape index (κ2) is 6.23. The molecule has 1 atom stereocenters. The number of aliphatic hydroxyl groups is 1. The Balaban J connectivity index is 2.15. The molecule has 0 aliphatic carbocycles. The summed E-state index contributed by atoms with van der Waals surface area (Å²) in [5.74, 6) is 0.238. The summed E-state index contributed by atoms with van der Waals surface area (Å²) in [6.07, 6.45) is 0.319. The van der Waals surface area contributed by atoms with E-state index in [4.69, 9.17) is 0 Å². The predicted octanol–water partition coefficient (Wildman–Crippen LogP) is 3.99. The van der Waals surface area contributed by atoms with Crippen molar-refractivity contribution in [1.82, 2.24) is 0 Å². The summed E-state index contributed by atoms with van der Waals surface area (Å²) >= 11 is 0. The van der Waals surface area contributed by atoms with Crippen LogP contribution >= 0.6 is 0 Å². The third-order valence-corrected chi connectivity index (χ3v) is 3.72. The van der Waals surface area contributed by atoms with Crippen LogP contribution in [0.3, 0.4) is 0 Å². The van der Waals surface area contributed by atoms with Crippen LogP contribution in [-0.2, 0) is 6.42 Å². The molecule has 21 heavy (non-hydrogen) atoms. The van der Waals surface area contributed by atoms with Crippen LogP contribution in [-0.4, -0.2) is 16.5 Å². The summed E-state index contributed by atoms with van der Waals surface area (Å²) in [7, 11) is 0. The van der Waals surface area contributed by atoms with E-state index in [0.717, 1.165) is 5.56 Å². The van der Waals surface area contributed by atoms with Gasteiger partial charge in [-0.05, 0) is 24.0 Å². The van der Waals surface area contributed by atoms with E-state index in [-0.39, 0.29) is 5.78 Å². The van der Waals surface area contributed by atoms with E-state index in [1.165, 1.54) is 5.56 Å². The van der Waals surface area contributed by atoms with Gasteiger partial charge in [0.05, 0.1) is 0 Å². The average molecular weight is 282 g/mol. The van der Waals surface area contributed by atoms with Gasteiger partial charge >= 0.3 is 0 Å². The fourth-order valence-corrected chi connectivity index (χ4v) is 2.40. The van der Waals surface area contributed by atoms with Gasteiger partial charge in [0.15, 0.2) is 5.78 Å². The molecule has 0 heterocycles. The number of hydrogen-bond acceptors (Lipinski definition) is 2. The number of carbonyl (C=O) groups excluding carboxylic acids is 1. The number of Topliss-reactive ketones (excluding diaryl/α,β-unsaturated/α-hetero) is 1. The topological polar surface area (TPSA) is 37.3 Å². The monoisotopic (exact) mass is 282 g/mol. The molecule has 0 fully saturated rings. The number of ketones is 1. The lowest BCUT2D eigenvalue weighted by Crippen LogP contribution is -2.37. The van der Waals surface area contributed by atoms with Gasteiger partial charge in [0.25, 0.3) is 0 Å². The van der Waals surface area contributed by atoms with Crippen LogP contribution in [0.5, 0.6) is 0 Å². The van der Waals surface area contributed by atoms with E-state index in [0.29, 0.717) is 17.9 Å². The quantitative estimate of drug-likeness (QED) is 0.842. The first-order valence-electron chi connectivity index (χ1n) is 7.31. The van der Waals surface area contributed by atoms with Gasteiger partial charge in [-0.3, -0.25) is 4.79 Å². The van der Waals surface area contributed by atoms with Crippen LogP contribution in [0, 0.1) is 0 Å². The molecule has 2 heteroatoms. The molecule has 2 rings (SSSR count). The Labute approximate surface area is 126 Å². The first kappa shape index (κ1) is 15.5. The second-order valence-corrected chi connectivity index (χ2v) is 6.04. The Bertz CT molecular complexity index is 595. The third kappa shape index (κ3) is 3.79. The summed E-state index contributed by atoms with van der Waals surface area (Å²) in [5.41, 5.74) is 1.38. The number of benzene rings is 2. The minimum atomic E-state index is -1.39. The van der Waals surface area contributed by atoms with Gasteiger partial charge in [0, 0.05) is 12.0 Å². The highest BCUT2D eigenvalue weighted by Crippen LogP contribution is 2.21. The predicted molar refractivity (Wildman–Crippen MR) is 85.6 cm³/mol. The Kier molecular flexibility index (Phi) is 4.59. The molecule has 0 bridgehead atoms. The van der Waals surface area contributed by atoms with Crippen LogP contribution in [0.1, 0.15) is 48.2 Å². The molecule has 2 aromatic rings. The van der Waals surface area contributed by atoms with Crippen molar-refractivity contribution in [3.05, 3.63) is 71.3 Å². The number of hydrogen-bond donors (Lipinski definition) is 1. The fraction of sp³-hybridized carbons (Fsp3) is 0.316. The summed E-state index contributed by atoms with van der Waals surface area (Å²) in [6.45, 7) is 5.87. The lowest BCUT2D eigenvalue weighted by atomic mass is 9.88. The molecule has 0 aliphatic heterocycles. The Hall–Kier alpha value is -1.93. The van der Waals surface area contributed by atoms with Gasteiger partial charge in [-0.15, -0.1) is 0 Å². The van der Waals surface area contributed by atoms with E-state index >= 15 is 0 Å². The standard InChI is InChI=1S/C19H22O2/c1-14(2)16-11-9-15(10-12-16)13-19(3,21)18(20)17-7-5-4-6-8-17/h4-12,14,21H,13H2,1-3H3. The molecule has 2 aromatic carbocycles. The largest absolute Gasteiger partial charge is 0.382 e. The van der Waals surface area contributed by atoms with Crippen LogP contribution in [0.4, 0.5) is 0 Å². The summed E-state index contributed by atoms with van der Waals surface area (Å²) in [4.78, 5) is 12.4. The number of rotatable bonds is 5. The molecule has 0 aromatic heterocycles. The van der Waals surface area contributed by atoms with Crippen molar-refractivity contribution in [2.75, 3.05) is 0 Å². The molecule has 2 nitrogen and oxygen atoms in total. The van der Waals surface area contributed by atoms with E-state index in [2.05, 4.69) is 26.0 Å². The van der Waals surface area contributed by atoms with Gasteiger partial charge in [0.1, 0.15) is 5.60 Å². The molecule has 0 amide bonds. The fourth-order valence-electron chi connectivity index (χ4n) is 2.40. The van der Waals surface area contributed by atoms with Crippen LogP contribution in [0.15, 0.2) is 54.6 Å². The van der Waals surface area contributed by atoms with Crippen LogP contribution in [0.2, 0.25) is 0 Å². The van der Waals surface area contributed by atoms with Gasteiger partial charge < -0.3 is 5.11 Å². The summed E-state index contributed by atoms with van der Waals surface area (Å²) in [6, 6.07) is 17.0. The molecule has 0 saturated carbocycles. The Morgan fingerprint density at radius 2 is 1.62 bits per heavy atom. The molecule has 110 valence electrons. The zero-order valence-corrected chi connectivity index (χ0v) is 12.8. The highest BCUT2D eigenvalue weighted by Gasteiger charge is 2.31. The van der Waals surface area contributed by atoms with E-state index in [1.807, 2.05) is 18.2 Å². The zero-order valence-electron chi connectivity index (χ0n) is 12.8. The SMILES string of the molecule is CC(C)c1ccc(CC(C)(O)C(=O)c2ccccc2)cc1. The van der Waals surface area contributed by atoms with Crippen molar-refractivity contribution in [1.29, 1.82) is 0 Å². The highest BCUT2D eigenvalue weighted by atomic mass is 16.3. The molecular formula is C19H22O2. The van der Waals surface area contributed by atoms with Crippen molar-refractivity contribution in [3.63, 3.8) is 0 Å². The van der Waals surface area contributed by atoms with Crippen molar-refractivity contribution in [3.8, 4) is 0 Å². The summed E-state index contributed by atoms with van der Waals surface area (Å²) < 4.78 is 0. The maximum Gasteiger partial charge on any atom is 0.194 e. The van der Waals surface area contributed by atoms with E-state index in [1.54, 1.807) is 31.2 Å². The van der Waals surface area contributed by atoms with Crippen LogP contribution in [0.25, 0.3) is 0 Å². The normalized spacial score (nSPS) is 14.0. The Morgan fingerprint density at radius 3 is 2.14 bits per heavy atom. The summed E-state index contributed by atoms with van der Waals surface area (Å²) in [5, 5.41) is 10.5. The minimum absolute atomic E-state index is 0.240. The molecule has 0 spiro atoms. The van der Waals surface area contributed by atoms with Gasteiger partial charge in [-0.1, -0.05) is 68.4 Å². The molecule has 0 aliphatic rings. The number of carbonyl (C=O) groups is 1. The molecule has 1 unspecified atom stereocenters. The molecule has 0 radical (unpaired) electrons. The highest BCUT2D eigenvalue weighted by molar-refractivity contribution is 6.02. The third-order valence-electron chi connectivity index (χ3n) is 3.72. The lowest BCUT2D eigenvalue weighted by Gasteiger charge is -2.22. The lowest BCUT2D eigenvalue weighted by molar-refractivity contribution is 0.0409. The maximum atomic E-state index is 12.4. The van der Waals surface area contributed by atoms with Gasteiger partial charge in [-0.2, -0.15) is 0 Å². The molecular weight excluding hydrogens is 260 g/mol.